The molecule has 23 heavy (non-hydrogen) atoms. The monoisotopic (exact) mass is 322 g/mol. The number of halogens is 2. The third-order valence-corrected chi connectivity index (χ3v) is 3.83. The van der Waals surface area contributed by atoms with Gasteiger partial charge in [-0.25, -0.2) is 13.8 Å². The van der Waals surface area contributed by atoms with Gasteiger partial charge in [-0.15, -0.1) is 0 Å². The summed E-state index contributed by atoms with van der Waals surface area (Å²) in [5, 5.41) is 2.62. The number of anilines is 1. The van der Waals surface area contributed by atoms with E-state index < -0.39 is 5.92 Å². The molecule has 1 fully saturated rings. The van der Waals surface area contributed by atoms with E-state index in [1.54, 1.807) is 6.07 Å². The third-order valence-electron chi connectivity index (χ3n) is 3.83. The second kappa shape index (κ2) is 7.35. The van der Waals surface area contributed by atoms with Crippen LogP contribution in [0.5, 0.6) is 5.88 Å². The van der Waals surface area contributed by atoms with E-state index in [2.05, 4.69) is 16.9 Å². The van der Waals surface area contributed by atoms with E-state index in [1.807, 2.05) is 12.2 Å². The molecule has 6 heteroatoms. The van der Waals surface area contributed by atoms with Crippen LogP contribution in [0.4, 0.5) is 14.5 Å². The molecule has 0 spiro atoms. The van der Waals surface area contributed by atoms with Gasteiger partial charge < -0.3 is 10.1 Å². The molecule has 1 aromatic heterocycles. The molecular formula is C17H20F2N2O2. The van der Waals surface area contributed by atoms with Crippen LogP contribution in [-0.2, 0) is 4.79 Å². The number of ether oxygens (including phenoxy) is 1. The highest BCUT2D eigenvalue weighted by Gasteiger charge is 2.33. The van der Waals surface area contributed by atoms with Gasteiger partial charge in [0.2, 0.25) is 17.7 Å². The van der Waals surface area contributed by atoms with E-state index in [1.165, 1.54) is 19.4 Å². The van der Waals surface area contributed by atoms with Crippen LogP contribution in [0.3, 0.4) is 0 Å². The molecule has 0 atom stereocenters. The van der Waals surface area contributed by atoms with Crippen molar-refractivity contribution in [2.75, 3.05) is 12.4 Å². The minimum atomic E-state index is -2.53. The molecule has 1 N–H and O–H groups in total. The van der Waals surface area contributed by atoms with Crippen molar-refractivity contribution in [1.82, 2.24) is 4.98 Å². The summed E-state index contributed by atoms with van der Waals surface area (Å²) in [4.78, 5) is 15.5. The lowest BCUT2D eigenvalue weighted by Gasteiger charge is -2.26. The number of methoxy groups -OCH3 is 1. The number of hydrogen-bond acceptors (Lipinski definition) is 3. The SMILES string of the molecule is C=CC(=O)Nc1cnc(OC)c(C=CC2CCC(F)(F)CC2)c1. The maximum atomic E-state index is 13.2. The van der Waals surface area contributed by atoms with Crippen molar-refractivity contribution < 1.29 is 18.3 Å². The molecule has 0 unspecified atom stereocenters. The molecule has 0 bridgehead atoms. The van der Waals surface area contributed by atoms with Crippen LogP contribution in [0.25, 0.3) is 6.08 Å². The highest BCUT2D eigenvalue weighted by atomic mass is 19.3. The van der Waals surface area contributed by atoms with Gasteiger partial charge >= 0.3 is 0 Å². The standard InChI is InChI=1S/C17H20F2N2O2/c1-3-15(22)21-14-10-13(16(23-2)20-11-14)5-4-12-6-8-17(18,19)9-7-12/h3-5,10-12H,1,6-9H2,2H3,(H,21,22). The van der Waals surface area contributed by atoms with E-state index in [0.29, 0.717) is 30.0 Å². The smallest absolute Gasteiger partial charge is 0.248 e. The second-order valence-electron chi connectivity index (χ2n) is 5.57. The number of allylic oxidation sites excluding steroid dienone is 1. The van der Waals surface area contributed by atoms with E-state index in [4.69, 9.17) is 4.74 Å². The Balaban J connectivity index is 2.11. The summed E-state index contributed by atoms with van der Waals surface area (Å²) in [6, 6.07) is 1.72. The summed E-state index contributed by atoms with van der Waals surface area (Å²) < 4.78 is 31.5. The Morgan fingerprint density at radius 3 is 2.78 bits per heavy atom. The first kappa shape index (κ1) is 17.1. The second-order valence-corrected chi connectivity index (χ2v) is 5.57. The van der Waals surface area contributed by atoms with Gasteiger partial charge in [-0.3, -0.25) is 4.79 Å². The lowest BCUT2D eigenvalue weighted by molar-refractivity contribution is -0.111. The molecule has 124 valence electrons. The van der Waals surface area contributed by atoms with Crippen LogP contribution >= 0.6 is 0 Å². The summed E-state index contributed by atoms with van der Waals surface area (Å²) in [5.74, 6) is -2.33. The number of nitrogens with one attached hydrogen (secondary N) is 1. The van der Waals surface area contributed by atoms with Gasteiger partial charge in [0.05, 0.1) is 19.0 Å². The molecule has 4 nitrogen and oxygen atoms in total. The number of pyridine rings is 1. The molecule has 0 aliphatic heterocycles. The molecule has 1 aliphatic carbocycles. The molecule has 0 radical (unpaired) electrons. The first-order chi connectivity index (χ1) is 10.9. The van der Waals surface area contributed by atoms with Crippen LogP contribution in [0.2, 0.25) is 0 Å². The van der Waals surface area contributed by atoms with Crippen molar-refractivity contribution in [3.8, 4) is 5.88 Å². The fourth-order valence-electron chi connectivity index (χ4n) is 2.52. The minimum Gasteiger partial charge on any atom is -0.481 e. The van der Waals surface area contributed by atoms with Crippen LogP contribution in [0.1, 0.15) is 31.2 Å². The lowest BCUT2D eigenvalue weighted by Crippen LogP contribution is -2.23. The largest absolute Gasteiger partial charge is 0.481 e. The van der Waals surface area contributed by atoms with Gasteiger partial charge in [-0.1, -0.05) is 18.7 Å². The predicted octanol–water partition coefficient (Wildman–Crippen LogP) is 4.05. The lowest BCUT2D eigenvalue weighted by atomic mass is 9.86. The topological polar surface area (TPSA) is 51.2 Å². The number of alkyl halides is 2. The molecular weight excluding hydrogens is 302 g/mol. The predicted molar refractivity (Wildman–Crippen MR) is 85.6 cm³/mol. The molecule has 1 saturated carbocycles. The van der Waals surface area contributed by atoms with E-state index in [-0.39, 0.29) is 24.7 Å². The number of amides is 1. The number of carbonyl (C=O) groups is 1. The van der Waals surface area contributed by atoms with Gasteiger partial charge in [0, 0.05) is 18.4 Å². The number of rotatable bonds is 5. The third kappa shape index (κ3) is 4.87. The van der Waals surface area contributed by atoms with Gasteiger partial charge in [-0.05, 0) is 30.9 Å². The maximum Gasteiger partial charge on any atom is 0.248 e. The van der Waals surface area contributed by atoms with Crippen molar-refractivity contribution in [2.24, 2.45) is 5.92 Å². The summed E-state index contributed by atoms with van der Waals surface area (Å²) in [6.45, 7) is 3.39. The Morgan fingerprint density at radius 2 is 2.17 bits per heavy atom. The molecule has 1 amide bonds. The van der Waals surface area contributed by atoms with Crippen molar-refractivity contribution in [2.45, 2.75) is 31.6 Å². The van der Waals surface area contributed by atoms with Crippen molar-refractivity contribution in [3.63, 3.8) is 0 Å². The van der Waals surface area contributed by atoms with Gasteiger partial charge in [-0.2, -0.15) is 0 Å². The van der Waals surface area contributed by atoms with Gasteiger partial charge in [0.25, 0.3) is 0 Å². The quantitative estimate of drug-likeness (QED) is 0.832. The molecule has 2 rings (SSSR count). The number of nitrogens with zero attached hydrogens (tertiary/aromatic N) is 1. The van der Waals surface area contributed by atoms with Crippen LogP contribution in [0, 0.1) is 5.92 Å². The molecule has 0 saturated heterocycles. The summed E-state index contributed by atoms with van der Waals surface area (Å²) in [5.41, 5.74) is 1.21. The number of hydrogen-bond donors (Lipinski definition) is 1. The zero-order valence-electron chi connectivity index (χ0n) is 13.0. The van der Waals surface area contributed by atoms with Crippen molar-refractivity contribution >= 4 is 17.7 Å². The fraction of sp³-hybridized carbons (Fsp3) is 0.412. The Morgan fingerprint density at radius 1 is 1.48 bits per heavy atom. The highest BCUT2D eigenvalue weighted by molar-refractivity contribution is 5.98. The minimum absolute atomic E-state index is 0.0766. The number of carbonyl (C=O) groups excluding carboxylic acids is 1. The number of aromatic nitrogens is 1. The first-order valence-electron chi connectivity index (χ1n) is 7.47. The Hall–Kier alpha value is -2.24. The van der Waals surface area contributed by atoms with E-state index in [9.17, 15) is 13.6 Å². The zero-order valence-corrected chi connectivity index (χ0v) is 13.0. The average molecular weight is 322 g/mol. The van der Waals surface area contributed by atoms with Crippen LogP contribution < -0.4 is 10.1 Å². The molecule has 1 heterocycles. The first-order valence-corrected chi connectivity index (χ1v) is 7.47. The Kier molecular flexibility index (Phi) is 5.47. The highest BCUT2D eigenvalue weighted by Crippen LogP contribution is 2.37. The maximum absolute atomic E-state index is 13.2. The summed E-state index contributed by atoms with van der Waals surface area (Å²) in [6.07, 6.45) is 7.15. The van der Waals surface area contributed by atoms with E-state index >= 15 is 0 Å². The molecule has 1 aromatic rings. The molecule has 0 aromatic carbocycles. The van der Waals surface area contributed by atoms with Gasteiger partial charge in [0.1, 0.15) is 0 Å². The fourth-order valence-corrected chi connectivity index (χ4v) is 2.52. The zero-order chi connectivity index (χ0) is 16.9. The van der Waals surface area contributed by atoms with Crippen molar-refractivity contribution in [3.05, 3.63) is 36.6 Å². The molecule has 1 aliphatic rings. The summed E-state index contributed by atoms with van der Waals surface area (Å²) in [7, 11) is 1.50. The summed E-state index contributed by atoms with van der Waals surface area (Å²) >= 11 is 0. The van der Waals surface area contributed by atoms with Crippen molar-refractivity contribution in [1.29, 1.82) is 0 Å². The Bertz CT molecular complexity index is 605. The van der Waals surface area contributed by atoms with Crippen LogP contribution in [-0.4, -0.2) is 23.9 Å². The normalized spacial score (nSPS) is 17.9. The van der Waals surface area contributed by atoms with Gasteiger partial charge in [0.15, 0.2) is 0 Å². The average Bonchev–Trinajstić information content (AvgIpc) is 2.54. The van der Waals surface area contributed by atoms with E-state index in [0.717, 1.165) is 0 Å². The van der Waals surface area contributed by atoms with Crippen LogP contribution in [0.15, 0.2) is 31.0 Å². The Labute approximate surface area is 134 Å².